The molecule has 2 amide bonds. The van der Waals surface area contributed by atoms with Gasteiger partial charge in [0.1, 0.15) is 6.04 Å². The van der Waals surface area contributed by atoms with Gasteiger partial charge in [-0.3, -0.25) is 14.6 Å². The van der Waals surface area contributed by atoms with Gasteiger partial charge in [0.25, 0.3) is 5.91 Å². The van der Waals surface area contributed by atoms with Crippen molar-refractivity contribution in [3.05, 3.63) is 30.1 Å². The number of primary amides is 1. The summed E-state index contributed by atoms with van der Waals surface area (Å²) in [7, 11) is 0. The fourth-order valence-corrected chi connectivity index (χ4v) is 1.44. The molecule has 0 radical (unpaired) electrons. The van der Waals surface area contributed by atoms with Crippen LogP contribution in [0.15, 0.2) is 24.5 Å². The molecule has 3 N–H and O–H groups in total. The molecule has 0 aliphatic carbocycles. The Hall–Kier alpha value is -1.91. The summed E-state index contributed by atoms with van der Waals surface area (Å²) in [6, 6.07) is 2.58. The Bertz CT molecular complexity index is 380. The molecule has 0 aliphatic rings. The normalized spacial score (nSPS) is 10.1. The maximum absolute atomic E-state index is 11.8. The van der Waals surface area contributed by atoms with E-state index in [1.54, 1.807) is 12.1 Å². The molecule has 1 heterocycles. The summed E-state index contributed by atoms with van der Waals surface area (Å²) < 4.78 is 0. The van der Waals surface area contributed by atoms with Crippen molar-refractivity contribution >= 4 is 11.8 Å². The number of rotatable bonds is 6. The minimum Gasteiger partial charge on any atom is -0.368 e. The Kier molecular flexibility index (Phi) is 14.8. The third-order valence-corrected chi connectivity index (χ3v) is 2.44. The van der Waals surface area contributed by atoms with Crippen molar-refractivity contribution in [3.63, 3.8) is 0 Å². The SMILES string of the molecule is CC.CC.CCCCC(NC(=O)c1ccncc1)C(N)=O. The molecular weight excluding hydrogens is 266 g/mol. The van der Waals surface area contributed by atoms with Crippen LogP contribution in [0.25, 0.3) is 0 Å². The van der Waals surface area contributed by atoms with E-state index >= 15 is 0 Å². The first-order chi connectivity index (χ1) is 10.1. The Balaban J connectivity index is 0. The van der Waals surface area contributed by atoms with Gasteiger partial charge in [0.05, 0.1) is 0 Å². The van der Waals surface area contributed by atoms with Gasteiger partial charge in [-0.2, -0.15) is 0 Å². The average Bonchev–Trinajstić information content (AvgIpc) is 2.55. The van der Waals surface area contributed by atoms with Crippen molar-refractivity contribution in [2.75, 3.05) is 0 Å². The number of pyridine rings is 1. The number of nitrogens with two attached hydrogens (primary N) is 1. The second-order valence-electron chi connectivity index (χ2n) is 3.81. The van der Waals surface area contributed by atoms with E-state index < -0.39 is 11.9 Å². The van der Waals surface area contributed by atoms with Gasteiger partial charge in [0.2, 0.25) is 5.91 Å². The number of amides is 2. The van der Waals surface area contributed by atoms with Crippen molar-refractivity contribution in [2.24, 2.45) is 5.73 Å². The maximum atomic E-state index is 11.8. The monoisotopic (exact) mass is 295 g/mol. The summed E-state index contributed by atoms with van der Waals surface area (Å²) in [4.78, 5) is 26.8. The highest BCUT2D eigenvalue weighted by atomic mass is 16.2. The second kappa shape index (κ2) is 14.5. The Labute approximate surface area is 128 Å². The van der Waals surface area contributed by atoms with Crippen LogP contribution in [-0.4, -0.2) is 22.8 Å². The van der Waals surface area contributed by atoms with Crippen LogP contribution in [0.1, 0.15) is 64.2 Å². The third-order valence-electron chi connectivity index (χ3n) is 2.44. The highest BCUT2D eigenvalue weighted by molar-refractivity contribution is 5.97. The van der Waals surface area contributed by atoms with Crippen molar-refractivity contribution in [1.82, 2.24) is 10.3 Å². The van der Waals surface area contributed by atoms with Gasteiger partial charge in [-0.05, 0) is 18.6 Å². The average molecular weight is 295 g/mol. The van der Waals surface area contributed by atoms with Gasteiger partial charge in [-0.25, -0.2) is 0 Å². The molecule has 1 atom stereocenters. The number of hydrogen-bond donors (Lipinski definition) is 2. The summed E-state index contributed by atoms with van der Waals surface area (Å²) >= 11 is 0. The molecule has 5 nitrogen and oxygen atoms in total. The number of carbonyl (C=O) groups is 2. The Morgan fingerprint density at radius 3 is 2.14 bits per heavy atom. The number of carbonyl (C=O) groups excluding carboxylic acids is 2. The fraction of sp³-hybridized carbons (Fsp3) is 0.562. The first kappa shape index (κ1) is 21.4. The van der Waals surface area contributed by atoms with Crippen LogP contribution in [0.2, 0.25) is 0 Å². The molecule has 1 rings (SSSR count). The zero-order chi connectivity index (χ0) is 16.7. The van der Waals surface area contributed by atoms with Crippen molar-refractivity contribution < 1.29 is 9.59 Å². The van der Waals surface area contributed by atoms with Crippen LogP contribution in [0.5, 0.6) is 0 Å². The van der Waals surface area contributed by atoms with Gasteiger partial charge < -0.3 is 11.1 Å². The van der Waals surface area contributed by atoms with E-state index in [-0.39, 0.29) is 5.91 Å². The lowest BCUT2D eigenvalue weighted by atomic mass is 10.1. The van der Waals surface area contributed by atoms with E-state index in [0.717, 1.165) is 12.8 Å². The molecular formula is C16H29N3O2. The van der Waals surface area contributed by atoms with Crippen LogP contribution in [0.4, 0.5) is 0 Å². The Morgan fingerprint density at radius 2 is 1.71 bits per heavy atom. The Morgan fingerprint density at radius 1 is 1.19 bits per heavy atom. The van der Waals surface area contributed by atoms with Gasteiger partial charge in [-0.15, -0.1) is 0 Å². The lowest BCUT2D eigenvalue weighted by Crippen LogP contribution is -2.44. The number of unbranched alkanes of at least 4 members (excludes halogenated alkanes) is 1. The van der Waals surface area contributed by atoms with E-state index in [4.69, 9.17) is 5.73 Å². The molecule has 0 fully saturated rings. The summed E-state index contributed by atoms with van der Waals surface area (Å²) in [5.74, 6) is -0.798. The number of hydrogen-bond acceptors (Lipinski definition) is 3. The first-order valence-corrected chi connectivity index (χ1v) is 7.65. The molecule has 5 heteroatoms. The summed E-state index contributed by atoms with van der Waals surface area (Å²) in [6.45, 7) is 10.0. The zero-order valence-corrected chi connectivity index (χ0v) is 13.8. The standard InChI is InChI=1S/C12H17N3O2.2C2H6/c1-2-3-4-10(11(13)16)15-12(17)9-5-7-14-8-6-9;2*1-2/h5-8,10H,2-4H2,1H3,(H2,13,16)(H,15,17);2*1-2H3. The van der Waals surface area contributed by atoms with Crippen molar-refractivity contribution in [2.45, 2.75) is 59.9 Å². The van der Waals surface area contributed by atoms with Crippen LogP contribution in [0, 0.1) is 0 Å². The molecule has 120 valence electrons. The molecule has 0 bridgehead atoms. The highest BCUT2D eigenvalue weighted by Gasteiger charge is 2.17. The molecule has 1 unspecified atom stereocenters. The molecule has 21 heavy (non-hydrogen) atoms. The van der Waals surface area contributed by atoms with E-state index in [1.807, 2.05) is 34.6 Å². The van der Waals surface area contributed by atoms with Crippen LogP contribution >= 0.6 is 0 Å². The van der Waals surface area contributed by atoms with E-state index in [2.05, 4.69) is 10.3 Å². The number of aromatic nitrogens is 1. The summed E-state index contributed by atoms with van der Waals surface area (Å²) in [6.07, 6.45) is 5.43. The topological polar surface area (TPSA) is 85.1 Å². The lowest BCUT2D eigenvalue weighted by molar-refractivity contribution is -0.120. The summed E-state index contributed by atoms with van der Waals surface area (Å²) in [5, 5.41) is 2.63. The minimum absolute atomic E-state index is 0.299. The fourth-order valence-electron chi connectivity index (χ4n) is 1.44. The quantitative estimate of drug-likeness (QED) is 0.846. The molecule has 0 saturated heterocycles. The van der Waals surface area contributed by atoms with Gasteiger partial charge in [-0.1, -0.05) is 47.5 Å². The predicted molar refractivity (Wildman–Crippen MR) is 86.9 cm³/mol. The molecule has 1 aromatic heterocycles. The molecule has 0 aromatic carbocycles. The van der Waals surface area contributed by atoms with Crippen molar-refractivity contribution in [3.8, 4) is 0 Å². The lowest BCUT2D eigenvalue weighted by Gasteiger charge is -2.14. The predicted octanol–water partition coefficient (Wildman–Crippen LogP) is 2.91. The largest absolute Gasteiger partial charge is 0.368 e. The molecule has 0 saturated carbocycles. The van der Waals surface area contributed by atoms with Gasteiger partial charge >= 0.3 is 0 Å². The zero-order valence-electron chi connectivity index (χ0n) is 13.8. The van der Waals surface area contributed by atoms with Crippen LogP contribution in [0.3, 0.4) is 0 Å². The van der Waals surface area contributed by atoms with Crippen LogP contribution in [-0.2, 0) is 4.79 Å². The van der Waals surface area contributed by atoms with E-state index in [0.29, 0.717) is 12.0 Å². The summed E-state index contributed by atoms with van der Waals surface area (Å²) in [5.41, 5.74) is 5.71. The van der Waals surface area contributed by atoms with Crippen molar-refractivity contribution in [1.29, 1.82) is 0 Å². The number of nitrogens with one attached hydrogen (secondary N) is 1. The van der Waals surface area contributed by atoms with Gasteiger partial charge in [0, 0.05) is 18.0 Å². The van der Waals surface area contributed by atoms with E-state index in [9.17, 15) is 9.59 Å². The molecule has 1 aromatic rings. The third kappa shape index (κ3) is 9.60. The highest BCUT2D eigenvalue weighted by Crippen LogP contribution is 2.03. The van der Waals surface area contributed by atoms with Gasteiger partial charge in [0.15, 0.2) is 0 Å². The maximum Gasteiger partial charge on any atom is 0.252 e. The molecule has 0 aliphatic heterocycles. The first-order valence-electron chi connectivity index (χ1n) is 7.65. The van der Waals surface area contributed by atoms with Crippen LogP contribution < -0.4 is 11.1 Å². The minimum atomic E-state index is -0.601. The smallest absolute Gasteiger partial charge is 0.252 e. The number of nitrogens with zero attached hydrogens (tertiary/aromatic N) is 1. The molecule has 0 spiro atoms. The van der Waals surface area contributed by atoms with E-state index in [1.165, 1.54) is 12.4 Å². The second-order valence-corrected chi connectivity index (χ2v) is 3.81.